The molecule has 0 unspecified atom stereocenters. The van der Waals surface area contributed by atoms with E-state index in [0.29, 0.717) is 22.4 Å². The van der Waals surface area contributed by atoms with Crippen LogP contribution in [-0.2, 0) is 9.59 Å². The number of carbonyl (C=O) groups excluding carboxylic acids is 1. The number of carboxylic acid groups (broad SMARTS) is 1. The first-order valence-corrected chi connectivity index (χ1v) is 8.47. The second-order valence-electron chi connectivity index (χ2n) is 5.22. The van der Waals surface area contributed by atoms with Gasteiger partial charge in [0.05, 0.1) is 31.7 Å². The highest BCUT2D eigenvalue weighted by Crippen LogP contribution is 2.34. The number of carbonyl (C=O) groups is 2. The van der Waals surface area contributed by atoms with Crippen molar-refractivity contribution in [1.29, 1.82) is 0 Å². The van der Waals surface area contributed by atoms with Crippen LogP contribution in [0.1, 0.15) is 12.2 Å². The van der Waals surface area contributed by atoms with E-state index in [-0.39, 0.29) is 12.3 Å². The van der Waals surface area contributed by atoms with Crippen LogP contribution < -0.4 is 9.64 Å². The first kappa shape index (κ1) is 17.7. The Balaban J connectivity index is 1.89. The van der Waals surface area contributed by atoms with Gasteiger partial charge in [-0.25, -0.2) is 0 Å². The summed E-state index contributed by atoms with van der Waals surface area (Å²) in [4.78, 5) is 25.0. The van der Waals surface area contributed by atoms with Crippen LogP contribution in [0.5, 0.6) is 5.75 Å². The van der Waals surface area contributed by atoms with Crippen LogP contribution >= 0.6 is 11.8 Å². The molecule has 0 saturated carbocycles. The van der Waals surface area contributed by atoms with Crippen LogP contribution in [0.3, 0.4) is 0 Å². The van der Waals surface area contributed by atoms with Crippen molar-refractivity contribution in [3.8, 4) is 5.75 Å². The topological polar surface area (TPSA) is 105 Å². The lowest BCUT2D eigenvalue weighted by atomic mass is 10.2. The van der Waals surface area contributed by atoms with Crippen molar-refractivity contribution in [3.63, 3.8) is 0 Å². The summed E-state index contributed by atoms with van der Waals surface area (Å²) in [5.74, 6) is -0.244. The third kappa shape index (κ3) is 3.94. The Morgan fingerprint density at radius 2 is 2.15 bits per heavy atom. The van der Waals surface area contributed by atoms with Gasteiger partial charge in [0.25, 0.3) is 0 Å². The largest absolute Gasteiger partial charge is 0.497 e. The zero-order valence-corrected chi connectivity index (χ0v) is 14.5. The van der Waals surface area contributed by atoms with E-state index < -0.39 is 11.2 Å². The molecule has 1 saturated heterocycles. The lowest BCUT2D eigenvalue weighted by Crippen LogP contribution is -2.32. The van der Waals surface area contributed by atoms with Gasteiger partial charge in [0.15, 0.2) is 5.17 Å². The number of furan rings is 1. The van der Waals surface area contributed by atoms with Gasteiger partial charge in [0.1, 0.15) is 16.8 Å². The maximum absolute atomic E-state index is 12.7. The van der Waals surface area contributed by atoms with E-state index in [1.54, 1.807) is 43.5 Å². The molecule has 1 atom stereocenters. The lowest BCUT2D eigenvalue weighted by Gasteiger charge is -2.16. The van der Waals surface area contributed by atoms with E-state index >= 15 is 0 Å². The third-order valence-electron chi connectivity index (χ3n) is 3.50. The molecule has 8 nitrogen and oxygen atoms in total. The summed E-state index contributed by atoms with van der Waals surface area (Å²) in [5.41, 5.74) is 0.558. The van der Waals surface area contributed by atoms with Crippen LogP contribution in [0.2, 0.25) is 0 Å². The molecule has 2 aromatic rings. The average Bonchev–Trinajstić information content (AvgIpc) is 3.24. The Kier molecular flexibility index (Phi) is 5.37. The number of amidine groups is 1. The fourth-order valence-corrected chi connectivity index (χ4v) is 3.38. The summed E-state index contributed by atoms with van der Waals surface area (Å²) >= 11 is 1.07. The number of thioether (sulfide) groups is 1. The molecule has 9 heteroatoms. The molecule has 134 valence electrons. The first-order chi connectivity index (χ1) is 12.6. The summed E-state index contributed by atoms with van der Waals surface area (Å²) in [5, 5.41) is 16.6. The van der Waals surface area contributed by atoms with Crippen LogP contribution in [0.4, 0.5) is 5.69 Å². The van der Waals surface area contributed by atoms with Crippen molar-refractivity contribution in [3.05, 3.63) is 48.4 Å². The molecule has 26 heavy (non-hydrogen) atoms. The van der Waals surface area contributed by atoms with Crippen LogP contribution in [-0.4, -0.2) is 40.7 Å². The Labute approximate surface area is 153 Å². The summed E-state index contributed by atoms with van der Waals surface area (Å²) < 4.78 is 10.2. The van der Waals surface area contributed by atoms with Gasteiger partial charge < -0.3 is 14.3 Å². The molecule has 3 rings (SSSR count). The highest BCUT2D eigenvalue weighted by atomic mass is 32.2. The van der Waals surface area contributed by atoms with E-state index in [1.807, 2.05) is 0 Å². The second-order valence-corrected chi connectivity index (χ2v) is 6.39. The van der Waals surface area contributed by atoms with Crippen molar-refractivity contribution in [1.82, 2.24) is 0 Å². The number of benzene rings is 1. The molecule has 0 radical (unpaired) electrons. The smallest absolute Gasteiger partial charge is 0.305 e. The minimum atomic E-state index is -1.05. The Bertz CT molecular complexity index is 846. The second kappa shape index (κ2) is 7.87. The van der Waals surface area contributed by atoms with Crippen molar-refractivity contribution in [2.75, 3.05) is 12.0 Å². The molecule has 0 bridgehead atoms. The monoisotopic (exact) mass is 373 g/mol. The Hall–Kier alpha value is -3.07. The van der Waals surface area contributed by atoms with E-state index in [4.69, 9.17) is 14.3 Å². The maximum atomic E-state index is 12.7. The highest BCUT2D eigenvalue weighted by molar-refractivity contribution is 8.16. The highest BCUT2D eigenvalue weighted by Gasteiger charge is 2.40. The third-order valence-corrected chi connectivity index (χ3v) is 4.62. The molecule has 0 spiro atoms. The number of methoxy groups -OCH3 is 1. The standard InChI is InChI=1S/C17H15N3O5S/c1-24-12-6-4-11(5-7-12)20-16(23)14(9-15(21)22)26-17(20)19-18-10-13-3-2-8-25-13/h2-8,10,14H,9H2,1H3,(H,21,22)/b18-10+,19-17-/t14-/m1/s1. The van der Waals surface area contributed by atoms with E-state index in [9.17, 15) is 9.59 Å². The van der Waals surface area contributed by atoms with Gasteiger partial charge >= 0.3 is 5.97 Å². The number of hydrogen-bond donors (Lipinski definition) is 1. The number of carboxylic acids is 1. The van der Waals surface area contributed by atoms with Gasteiger partial charge in [0.2, 0.25) is 5.91 Å². The van der Waals surface area contributed by atoms with Crippen molar-refractivity contribution >= 4 is 40.7 Å². The van der Waals surface area contributed by atoms with Crippen LogP contribution in [0.25, 0.3) is 0 Å². The molecule has 1 aromatic carbocycles. The van der Waals surface area contributed by atoms with Gasteiger partial charge in [-0.05, 0) is 36.4 Å². The molecule has 1 aliphatic rings. The fraction of sp³-hybridized carbons (Fsp3) is 0.176. The average molecular weight is 373 g/mol. The number of hydrogen-bond acceptors (Lipinski definition) is 7. The minimum absolute atomic E-state index is 0.295. The summed E-state index contributed by atoms with van der Waals surface area (Å²) in [6.45, 7) is 0. The minimum Gasteiger partial charge on any atom is -0.497 e. The predicted octanol–water partition coefficient (Wildman–Crippen LogP) is 2.60. The SMILES string of the molecule is COc1ccc(N2C(=O)[C@@H](CC(=O)O)S/C2=N\N=C\c2ccco2)cc1. The summed E-state index contributed by atoms with van der Waals surface area (Å²) in [7, 11) is 1.55. The van der Waals surface area contributed by atoms with Gasteiger partial charge in [-0.1, -0.05) is 11.8 Å². The first-order valence-electron chi connectivity index (χ1n) is 7.59. The zero-order chi connectivity index (χ0) is 18.5. The van der Waals surface area contributed by atoms with Gasteiger partial charge in [-0.3, -0.25) is 14.5 Å². The molecular formula is C17H15N3O5S. The number of nitrogens with zero attached hydrogens (tertiary/aromatic N) is 3. The number of aliphatic carboxylic acids is 1. The molecule has 1 N–H and O–H groups in total. The lowest BCUT2D eigenvalue weighted by molar-refractivity contribution is -0.138. The molecule has 0 aliphatic carbocycles. The molecule has 1 aliphatic heterocycles. The number of anilines is 1. The maximum Gasteiger partial charge on any atom is 0.305 e. The number of ether oxygens (including phenoxy) is 1. The van der Waals surface area contributed by atoms with Crippen LogP contribution in [0.15, 0.2) is 57.3 Å². The predicted molar refractivity (Wildman–Crippen MR) is 97.8 cm³/mol. The molecule has 2 heterocycles. The fourth-order valence-electron chi connectivity index (χ4n) is 2.29. The van der Waals surface area contributed by atoms with E-state index in [0.717, 1.165) is 11.8 Å². The van der Waals surface area contributed by atoms with E-state index in [1.165, 1.54) is 17.4 Å². The van der Waals surface area contributed by atoms with Gasteiger partial charge in [-0.15, -0.1) is 5.10 Å². The molecule has 1 amide bonds. The normalized spacial score (nSPS) is 18.8. The number of rotatable bonds is 6. The quantitative estimate of drug-likeness (QED) is 0.616. The Morgan fingerprint density at radius 1 is 1.38 bits per heavy atom. The van der Waals surface area contributed by atoms with E-state index in [2.05, 4.69) is 10.2 Å². The van der Waals surface area contributed by atoms with Gasteiger partial charge in [-0.2, -0.15) is 5.10 Å². The number of amides is 1. The Morgan fingerprint density at radius 3 is 2.77 bits per heavy atom. The van der Waals surface area contributed by atoms with Crippen molar-refractivity contribution in [2.24, 2.45) is 10.2 Å². The van der Waals surface area contributed by atoms with Crippen LogP contribution in [0, 0.1) is 0 Å². The van der Waals surface area contributed by atoms with Crippen molar-refractivity contribution in [2.45, 2.75) is 11.7 Å². The van der Waals surface area contributed by atoms with Gasteiger partial charge in [0, 0.05) is 0 Å². The molecule has 1 aromatic heterocycles. The van der Waals surface area contributed by atoms with Crippen molar-refractivity contribution < 1.29 is 23.8 Å². The summed E-state index contributed by atoms with van der Waals surface area (Å²) in [6, 6.07) is 10.3. The molecule has 1 fully saturated rings. The molecular weight excluding hydrogens is 358 g/mol. The zero-order valence-electron chi connectivity index (χ0n) is 13.7. The summed E-state index contributed by atoms with van der Waals surface area (Å²) in [6.07, 6.45) is 2.63.